The SMILES string of the molecule is CCCN1C(=O)C2=C(CCC2)OC1C(Cl)(Cl)Cl. The molecule has 1 heterocycles. The zero-order valence-corrected chi connectivity index (χ0v) is 11.8. The van der Waals surface area contributed by atoms with E-state index in [1.807, 2.05) is 6.92 Å². The molecule has 1 atom stereocenters. The van der Waals surface area contributed by atoms with E-state index in [0.29, 0.717) is 12.3 Å². The molecule has 0 aromatic rings. The lowest BCUT2D eigenvalue weighted by atomic mass is 10.1. The second-order valence-corrected chi connectivity index (χ2v) is 6.63. The van der Waals surface area contributed by atoms with Gasteiger partial charge in [0.15, 0.2) is 0 Å². The number of hydrogen-bond acceptors (Lipinski definition) is 2. The summed E-state index contributed by atoms with van der Waals surface area (Å²) in [4.78, 5) is 13.8. The summed E-state index contributed by atoms with van der Waals surface area (Å²) in [6.07, 6.45) is 2.45. The van der Waals surface area contributed by atoms with E-state index in [2.05, 4.69) is 0 Å². The average molecular weight is 299 g/mol. The van der Waals surface area contributed by atoms with Crippen LogP contribution in [0.3, 0.4) is 0 Å². The maximum atomic E-state index is 12.3. The summed E-state index contributed by atoms with van der Waals surface area (Å²) in [6.45, 7) is 2.51. The zero-order chi connectivity index (χ0) is 12.6. The molecule has 0 aromatic carbocycles. The quantitative estimate of drug-likeness (QED) is 0.731. The fourth-order valence-electron chi connectivity index (χ4n) is 2.25. The van der Waals surface area contributed by atoms with Crippen molar-refractivity contribution in [1.29, 1.82) is 0 Å². The highest BCUT2D eigenvalue weighted by Crippen LogP contribution is 2.42. The van der Waals surface area contributed by atoms with Crippen LogP contribution in [-0.2, 0) is 9.53 Å². The molecule has 2 aliphatic rings. The summed E-state index contributed by atoms with van der Waals surface area (Å²) in [7, 11) is 0. The van der Waals surface area contributed by atoms with Gasteiger partial charge in [-0.2, -0.15) is 0 Å². The van der Waals surface area contributed by atoms with Crippen molar-refractivity contribution < 1.29 is 9.53 Å². The minimum atomic E-state index is -1.62. The number of alkyl halides is 3. The summed E-state index contributed by atoms with van der Waals surface area (Å²) in [6, 6.07) is 0. The number of halogens is 3. The van der Waals surface area contributed by atoms with E-state index in [-0.39, 0.29) is 5.91 Å². The smallest absolute Gasteiger partial charge is 0.256 e. The summed E-state index contributed by atoms with van der Waals surface area (Å²) in [5, 5.41) is 0. The third kappa shape index (κ3) is 2.51. The monoisotopic (exact) mass is 297 g/mol. The fraction of sp³-hybridized carbons (Fsp3) is 0.727. The minimum Gasteiger partial charge on any atom is -0.470 e. The van der Waals surface area contributed by atoms with Crippen LogP contribution in [0, 0.1) is 0 Å². The van der Waals surface area contributed by atoms with Crippen molar-refractivity contribution in [3.8, 4) is 0 Å². The first-order valence-electron chi connectivity index (χ1n) is 5.71. The Morgan fingerprint density at radius 3 is 2.71 bits per heavy atom. The van der Waals surface area contributed by atoms with Crippen molar-refractivity contribution in [3.05, 3.63) is 11.3 Å². The van der Waals surface area contributed by atoms with Gasteiger partial charge in [0.25, 0.3) is 5.91 Å². The van der Waals surface area contributed by atoms with Gasteiger partial charge in [0.1, 0.15) is 5.76 Å². The molecule has 0 radical (unpaired) electrons. The number of hydrogen-bond donors (Lipinski definition) is 0. The van der Waals surface area contributed by atoms with Gasteiger partial charge in [-0.1, -0.05) is 41.7 Å². The average Bonchev–Trinajstić information content (AvgIpc) is 2.68. The van der Waals surface area contributed by atoms with Gasteiger partial charge in [-0.25, -0.2) is 0 Å². The molecule has 2 rings (SSSR count). The summed E-state index contributed by atoms with van der Waals surface area (Å²) in [5.41, 5.74) is 0.754. The Hall–Kier alpha value is -0.120. The standard InChI is InChI=1S/C11H14Cl3NO2/c1-2-6-15-9(16)7-4-3-5-8(7)17-10(15)11(12,13)14/h10H,2-6H2,1H3. The summed E-state index contributed by atoms with van der Waals surface area (Å²) >= 11 is 17.7. The van der Waals surface area contributed by atoms with Crippen molar-refractivity contribution in [1.82, 2.24) is 4.90 Å². The Kier molecular flexibility index (Phi) is 3.81. The molecule has 3 nitrogen and oxygen atoms in total. The summed E-state index contributed by atoms with van der Waals surface area (Å²) < 4.78 is 4.08. The molecule has 0 aromatic heterocycles. The number of allylic oxidation sites excluding steroid dienone is 1. The van der Waals surface area contributed by atoms with Gasteiger partial charge in [0.05, 0.1) is 5.57 Å². The number of carbonyl (C=O) groups is 1. The van der Waals surface area contributed by atoms with E-state index in [1.54, 1.807) is 0 Å². The molecule has 1 unspecified atom stereocenters. The number of rotatable bonds is 2. The van der Waals surface area contributed by atoms with E-state index in [4.69, 9.17) is 39.5 Å². The van der Waals surface area contributed by atoms with Crippen LogP contribution in [0.5, 0.6) is 0 Å². The van der Waals surface area contributed by atoms with Gasteiger partial charge in [-0.3, -0.25) is 9.69 Å². The van der Waals surface area contributed by atoms with E-state index >= 15 is 0 Å². The molecule has 6 heteroatoms. The van der Waals surface area contributed by atoms with Crippen molar-refractivity contribution >= 4 is 40.7 Å². The first-order valence-corrected chi connectivity index (χ1v) is 6.85. The Morgan fingerprint density at radius 1 is 1.41 bits per heavy atom. The fourth-order valence-corrected chi connectivity index (χ4v) is 2.74. The third-order valence-corrected chi connectivity index (χ3v) is 3.53. The largest absolute Gasteiger partial charge is 0.470 e. The Bertz CT molecular complexity index is 362. The van der Waals surface area contributed by atoms with Crippen LogP contribution >= 0.6 is 34.8 Å². The molecular weight excluding hydrogens is 284 g/mol. The molecule has 0 N–H and O–H groups in total. The van der Waals surface area contributed by atoms with Crippen LogP contribution in [0.4, 0.5) is 0 Å². The molecule has 0 saturated carbocycles. The molecule has 96 valence electrons. The molecule has 1 amide bonds. The van der Waals surface area contributed by atoms with Gasteiger partial charge in [-0.05, 0) is 19.3 Å². The maximum Gasteiger partial charge on any atom is 0.256 e. The first kappa shape index (κ1) is 13.3. The minimum absolute atomic E-state index is 0.0399. The number of nitrogens with zero attached hydrogens (tertiary/aromatic N) is 1. The molecule has 0 bridgehead atoms. The first-order chi connectivity index (χ1) is 7.95. The van der Waals surface area contributed by atoms with Crippen molar-refractivity contribution in [2.24, 2.45) is 0 Å². The summed E-state index contributed by atoms with van der Waals surface area (Å²) in [5.74, 6) is 0.667. The number of amides is 1. The van der Waals surface area contributed by atoms with Gasteiger partial charge >= 0.3 is 0 Å². The topological polar surface area (TPSA) is 29.5 Å². The molecule has 17 heavy (non-hydrogen) atoms. The van der Waals surface area contributed by atoms with Crippen molar-refractivity contribution in [2.75, 3.05) is 6.54 Å². The van der Waals surface area contributed by atoms with Gasteiger partial charge in [0.2, 0.25) is 10.0 Å². The molecular formula is C11H14Cl3NO2. The third-order valence-electron chi connectivity index (χ3n) is 2.97. The van der Waals surface area contributed by atoms with E-state index < -0.39 is 10.0 Å². The Morgan fingerprint density at radius 2 is 2.12 bits per heavy atom. The van der Waals surface area contributed by atoms with Crippen LogP contribution in [-0.4, -0.2) is 27.4 Å². The van der Waals surface area contributed by atoms with E-state index in [0.717, 1.165) is 31.3 Å². The van der Waals surface area contributed by atoms with E-state index in [9.17, 15) is 4.79 Å². The second-order valence-electron chi connectivity index (χ2n) is 4.27. The maximum absolute atomic E-state index is 12.3. The number of ether oxygens (including phenoxy) is 1. The predicted molar refractivity (Wildman–Crippen MR) is 68.0 cm³/mol. The van der Waals surface area contributed by atoms with E-state index in [1.165, 1.54) is 4.90 Å². The van der Waals surface area contributed by atoms with Crippen LogP contribution in [0.25, 0.3) is 0 Å². The highest BCUT2D eigenvalue weighted by atomic mass is 35.6. The lowest BCUT2D eigenvalue weighted by Crippen LogP contribution is -2.52. The van der Waals surface area contributed by atoms with Gasteiger partial charge in [-0.15, -0.1) is 0 Å². The molecule has 0 spiro atoms. The number of carbonyl (C=O) groups excluding carboxylic acids is 1. The molecule has 1 aliphatic carbocycles. The van der Waals surface area contributed by atoms with Crippen molar-refractivity contribution in [3.63, 3.8) is 0 Å². The molecule has 1 aliphatic heterocycles. The second kappa shape index (κ2) is 4.87. The molecule has 0 saturated heterocycles. The highest BCUT2D eigenvalue weighted by Gasteiger charge is 2.46. The molecule has 0 fully saturated rings. The lowest BCUT2D eigenvalue weighted by Gasteiger charge is -2.39. The van der Waals surface area contributed by atoms with Crippen LogP contribution in [0.1, 0.15) is 32.6 Å². The van der Waals surface area contributed by atoms with Crippen LogP contribution in [0.2, 0.25) is 0 Å². The van der Waals surface area contributed by atoms with Crippen molar-refractivity contribution in [2.45, 2.75) is 42.6 Å². The zero-order valence-electron chi connectivity index (χ0n) is 9.51. The Balaban J connectivity index is 2.30. The highest BCUT2D eigenvalue weighted by molar-refractivity contribution is 6.68. The lowest BCUT2D eigenvalue weighted by molar-refractivity contribution is -0.143. The Labute approximate surface area is 116 Å². The normalized spacial score (nSPS) is 25.1. The van der Waals surface area contributed by atoms with Crippen LogP contribution in [0.15, 0.2) is 11.3 Å². The van der Waals surface area contributed by atoms with Gasteiger partial charge in [0, 0.05) is 13.0 Å². The van der Waals surface area contributed by atoms with Crippen LogP contribution < -0.4 is 0 Å². The van der Waals surface area contributed by atoms with Gasteiger partial charge < -0.3 is 4.74 Å². The predicted octanol–water partition coefficient (Wildman–Crippen LogP) is 3.39.